The lowest BCUT2D eigenvalue weighted by Gasteiger charge is -2.47. The van der Waals surface area contributed by atoms with E-state index in [1.165, 1.54) is 32.7 Å². The zero-order valence-corrected chi connectivity index (χ0v) is 12.6. The number of fused-ring (bicyclic) bond motifs is 3. The first kappa shape index (κ1) is 14.3. The monoisotopic (exact) mass is 288 g/mol. The van der Waals surface area contributed by atoms with Crippen LogP contribution >= 0.6 is 0 Å². The van der Waals surface area contributed by atoms with Crippen molar-refractivity contribution in [3.8, 4) is 0 Å². The lowest BCUT2D eigenvalue weighted by atomic mass is 10.1. The van der Waals surface area contributed by atoms with Crippen LogP contribution in [-0.4, -0.2) is 73.1 Å². The van der Waals surface area contributed by atoms with Crippen LogP contribution in [-0.2, 0) is 6.54 Å². The minimum absolute atomic E-state index is 0.598. The molecule has 4 heterocycles. The van der Waals surface area contributed by atoms with Crippen molar-refractivity contribution in [3.05, 3.63) is 30.1 Å². The second-order valence-electron chi connectivity index (χ2n) is 5.62. The Hall–Kier alpha value is -1.66. The van der Waals surface area contributed by atoms with Crippen molar-refractivity contribution >= 4 is 5.96 Å². The van der Waals surface area contributed by atoms with Crippen LogP contribution in [0.15, 0.2) is 29.4 Å². The molecule has 114 valence electrons. The summed E-state index contributed by atoms with van der Waals surface area (Å²) in [5.74, 6) is 0.846. The van der Waals surface area contributed by atoms with Crippen molar-refractivity contribution in [2.45, 2.75) is 12.6 Å². The van der Waals surface area contributed by atoms with Crippen LogP contribution in [0.3, 0.4) is 0 Å². The Bertz CT molecular complexity index is 466. The number of guanidine groups is 1. The molecular formula is C15H24N6. The molecule has 3 aliphatic rings. The van der Waals surface area contributed by atoms with E-state index in [-0.39, 0.29) is 0 Å². The first-order chi connectivity index (χ1) is 10.3. The Balaban J connectivity index is 1.45. The van der Waals surface area contributed by atoms with E-state index in [4.69, 9.17) is 0 Å². The highest BCUT2D eigenvalue weighted by molar-refractivity contribution is 5.79. The average molecular weight is 288 g/mol. The van der Waals surface area contributed by atoms with Gasteiger partial charge in [-0.15, -0.1) is 0 Å². The summed E-state index contributed by atoms with van der Waals surface area (Å²) in [5.41, 5.74) is 1.02. The molecule has 6 nitrogen and oxygen atoms in total. The van der Waals surface area contributed by atoms with Crippen LogP contribution in [0, 0.1) is 0 Å². The number of rotatable bonds is 4. The van der Waals surface area contributed by atoms with Gasteiger partial charge in [-0.25, -0.2) is 0 Å². The Morgan fingerprint density at radius 1 is 1.29 bits per heavy atom. The van der Waals surface area contributed by atoms with E-state index in [9.17, 15) is 0 Å². The molecule has 3 aliphatic heterocycles. The number of nitrogens with zero attached hydrogens (tertiary/aromatic N) is 4. The van der Waals surface area contributed by atoms with Crippen molar-refractivity contribution in [3.63, 3.8) is 0 Å². The summed E-state index contributed by atoms with van der Waals surface area (Å²) in [6, 6.07) is 6.54. The molecule has 6 heteroatoms. The number of aliphatic imine (C=N–C) groups is 1. The van der Waals surface area contributed by atoms with Crippen LogP contribution in [0.2, 0.25) is 0 Å². The molecule has 1 aromatic rings. The van der Waals surface area contributed by atoms with Crippen LogP contribution < -0.4 is 10.6 Å². The van der Waals surface area contributed by atoms with Gasteiger partial charge in [-0.1, -0.05) is 6.07 Å². The van der Waals surface area contributed by atoms with E-state index in [2.05, 4.69) is 30.4 Å². The van der Waals surface area contributed by atoms with Gasteiger partial charge in [-0.05, 0) is 12.1 Å². The molecule has 1 unspecified atom stereocenters. The van der Waals surface area contributed by atoms with Gasteiger partial charge in [0.15, 0.2) is 5.96 Å². The van der Waals surface area contributed by atoms with Gasteiger partial charge in [-0.2, -0.15) is 0 Å². The van der Waals surface area contributed by atoms with Crippen molar-refractivity contribution in [1.82, 2.24) is 25.4 Å². The summed E-state index contributed by atoms with van der Waals surface area (Å²) in [5, 5.41) is 6.75. The highest BCUT2D eigenvalue weighted by Gasteiger charge is 2.31. The third-order valence-corrected chi connectivity index (χ3v) is 4.28. The molecule has 1 atom stereocenters. The molecule has 21 heavy (non-hydrogen) atoms. The van der Waals surface area contributed by atoms with Crippen molar-refractivity contribution in [1.29, 1.82) is 0 Å². The van der Waals surface area contributed by atoms with Gasteiger partial charge in [0.25, 0.3) is 0 Å². The molecule has 0 aromatic carbocycles. The van der Waals surface area contributed by atoms with E-state index in [0.29, 0.717) is 12.6 Å². The fourth-order valence-electron chi connectivity index (χ4n) is 3.03. The van der Waals surface area contributed by atoms with Crippen molar-refractivity contribution < 1.29 is 0 Å². The third kappa shape index (κ3) is 3.71. The molecule has 2 bridgehead atoms. The van der Waals surface area contributed by atoms with Crippen LogP contribution in [0.4, 0.5) is 0 Å². The maximum Gasteiger partial charge on any atom is 0.191 e. The first-order valence-electron chi connectivity index (χ1n) is 7.66. The molecule has 0 spiro atoms. The van der Waals surface area contributed by atoms with E-state index in [1.54, 1.807) is 0 Å². The van der Waals surface area contributed by atoms with Crippen LogP contribution in [0.5, 0.6) is 0 Å². The van der Waals surface area contributed by atoms with Gasteiger partial charge < -0.3 is 10.6 Å². The van der Waals surface area contributed by atoms with Crippen LogP contribution in [0.1, 0.15) is 5.69 Å². The summed E-state index contributed by atoms with van der Waals surface area (Å²) < 4.78 is 0. The number of pyridine rings is 1. The van der Waals surface area contributed by atoms with E-state index >= 15 is 0 Å². The lowest BCUT2D eigenvalue weighted by Crippen LogP contribution is -2.63. The Labute approximate surface area is 126 Å². The van der Waals surface area contributed by atoms with E-state index in [0.717, 1.165) is 18.2 Å². The topological polar surface area (TPSA) is 55.8 Å². The molecule has 1 aromatic heterocycles. The normalized spacial score (nSPS) is 28.4. The predicted octanol–water partition coefficient (Wildman–Crippen LogP) is -0.254. The van der Waals surface area contributed by atoms with E-state index < -0.39 is 0 Å². The average Bonchev–Trinajstić information content (AvgIpc) is 2.57. The van der Waals surface area contributed by atoms with Gasteiger partial charge in [0, 0.05) is 58.6 Å². The summed E-state index contributed by atoms with van der Waals surface area (Å²) in [7, 11) is 1.81. The minimum Gasteiger partial charge on any atom is -0.355 e. The molecule has 0 radical (unpaired) electrons. The van der Waals surface area contributed by atoms with Crippen LogP contribution in [0.25, 0.3) is 0 Å². The minimum atomic E-state index is 0.598. The summed E-state index contributed by atoms with van der Waals surface area (Å²) in [6.45, 7) is 7.66. The highest BCUT2D eigenvalue weighted by atomic mass is 15.4. The smallest absolute Gasteiger partial charge is 0.191 e. The van der Waals surface area contributed by atoms with Crippen molar-refractivity contribution in [2.75, 3.05) is 46.3 Å². The molecular weight excluding hydrogens is 264 g/mol. The zero-order chi connectivity index (χ0) is 14.5. The third-order valence-electron chi connectivity index (χ3n) is 4.28. The fraction of sp³-hybridized carbons (Fsp3) is 0.600. The summed E-state index contributed by atoms with van der Waals surface area (Å²) >= 11 is 0. The van der Waals surface area contributed by atoms with Gasteiger partial charge in [0.1, 0.15) is 0 Å². The zero-order valence-electron chi connectivity index (χ0n) is 12.6. The second kappa shape index (κ2) is 6.87. The van der Waals surface area contributed by atoms with Gasteiger partial charge in [0.2, 0.25) is 0 Å². The number of hydrogen-bond donors (Lipinski definition) is 2. The van der Waals surface area contributed by atoms with Gasteiger partial charge >= 0.3 is 0 Å². The Morgan fingerprint density at radius 3 is 2.76 bits per heavy atom. The quantitative estimate of drug-likeness (QED) is 0.591. The number of piperazine rings is 3. The largest absolute Gasteiger partial charge is 0.355 e. The predicted molar refractivity (Wildman–Crippen MR) is 84.2 cm³/mol. The molecule has 3 saturated heterocycles. The molecule has 3 fully saturated rings. The summed E-state index contributed by atoms with van der Waals surface area (Å²) in [6.07, 6.45) is 1.81. The second-order valence-corrected chi connectivity index (χ2v) is 5.62. The van der Waals surface area contributed by atoms with Gasteiger partial charge in [-0.3, -0.25) is 19.8 Å². The number of hydrogen-bond acceptors (Lipinski definition) is 4. The maximum atomic E-state index is 4.31. The first-order valence-corrected chi connectivity index (χ1v) is 7.66. The highest BCUT2D eigenvalue weighted by Crippen LogP contribution is 2.14. The van der Waals surface area contributed by atoms with E-state index in [1.807, 2.05) is 31.4 Å². The summed E-state index contributed by atoms with van der Waals surface area (Å²) in [4.78, 5) is 13.7. The number of aromatic nitrogens is 1. The molecule has 2 N–H and O–H groups in total. The molecule has 0 saturated carbocycles. The standard InChI is InChI=1S/C15H24N6/c1-16-15(18-10-13-4-2-3-5-17-13)19-11-14-12-20-6-8-21(14)9-7-20/h2-5,14H,6-12H2,1H3,(H2,16,18,19). The SMILES string of the molecule is CN=C(NCc1ccccn1)NCC1CN2CCN1CC2. The Morgan fingerprint density at radius 2 is 2.14 bits per heavy atom. The molecule has 4 rings (SSSR count). The Kier molecular flexibility index (Phi) is 4.67. The number of nitrogens with one attached hydrogen (secondary N) is 2. The van der Waals surface area contributed by atoms with Gasteiger partial charge in [0.05, 0.1) is 12.2 Å². The van der Waals surface area contributed by atoms with Crippen molar-refractivity contribution in [2.24, 2.45) is 4.99 Å². The maximum absolute atomic E-state index is 4.31. The molecule has 0 aliphatic carbocycles. The lowest BCUT2D eigenvalue weighted by molar-refractivity contribution is 0.0154. The fourth-order valence-corrected chi connectivity index (χ4v) is 3.03. The molecule has 0 amide bonds.